The van der Waals surface area contributed by atoms with Crippen molar-refractivity contribution in [3.05, 3.63) is 29.8 Å². The maximum Gasteiger partial charge on any atom is 0.0663 e. The fourth-order valence-corrected chi connectivity index (χ4v) is 2.32. The normalized spacial score (nSPS) is 16.6. The number of hydrogen-bond donors (Lipinski definition) is 0. The van der Waals surface area contributed by atoms with E-state index in [2.05, 4.69) is 38.1 Å². The van der Waals surface area contributed by atoms with Gasteiger partial charge >= 0.3 is 0 Å². The predicted molar refractivity (Wildman–Crippen MR) is 70.7 cm³/mol. The number of para-hydroxylation sites is 1. The summed E-state index contributed by atoms with van der Waals surface area (Å²) in [5.41, 5.74) is 3.97. The van der Waals surface area contributed by atoms with Gasteiger partial charge in [-0.25, -0.2) is 0 Å². The minimum Gasteiger partial charge on any atom is -0.258 e. The fraction of sp³-hybridized carbons (Fsp3) is 0.533. The zero-order valence-corrected chi connectivity index (χ0v) is 10.4. The Hall–Kier alpha value is -1.11. The van der Waals surface area contributed by atoms with E-state index in [1.54, 1.807) is 0 Å². The van der Waals surface area contributed by atoms with Gasteiger partial charge in [-0.2, -0.15) is 0 Å². The molecule has 1 aromatic carbocycles. The molecule has 0 unspecified atom stereocenters. The van der Waals surface area contributed by atoms with Gasteiger partial charge in [0.25, 0.3) is 0 Å². The monoisotopic (exact) mass is 215 g/mol. The minimum atomic E-state index is 0.559. The van der Waals surface area contributed by atoms with E-state index in [0.717, 1.165) is 0 Å². The Morgan fingerprint density at radius 1 is 1.00 bits per heavy atom. The molecule has 0 radical (unpaired) electrons. The first-order chi connectivity index (χ1) is 7.77. The van der Waals surface area contributed by atoms with Gasteiger partial charge in [0.05, 0.1) is 5.69 Å². The van der Waals surface area contributed by atoms with Gasteiger partial charge < -0.3 is 0 Å². The maximum atomic E-state index is 4.86. The summed E-state index contributed by atoms with van der Waals surface area (Å²) in [6.45, 7) is 4.47. The molecule has 0 spiro atoms. The Kier molecular flexibility index (Phi) is 3.76. The maximum absolute atomic E-state index is 4.86. The van der Waals surface area contributed by atoms with Crippen molar-refractivity contribution in [2.24, 2.45) is 4.99 Å². The van der Waals surface area contributed by atoms with Crippen LogP contribution in [0.5, 0.6) is 0 Å². The molecule has 0 atom stereocenters. The van der Waals surface area contributed by atoms with Crippen molar-refractivity contribution in [1.29, 1.82) is 0 Å². The lowest BCUT2D eigenvalue weighted by atomic mass is 9.97. The van der Waals surface area contributed by atoms with Crippen LogP contribution in [0.3, 0.4) is 0 Å². The van der Waals surface area contributed by atoms with E-state index in [9.17, 15) is 0 Å². The van der Waals surface area contributed by atoms with Crippen LogP contribution in [-0.2, 0) is 0 Å². The van der Waals surface area contributed by atoms with Crippen LogP contribution in [0.4, 0.5) is 5.69 Å². The van der Waals surface area contributed by atoms with E-state index in [4.69, 9.17) is 4.99 Å². The highest BCUT2D eigenvalue weighted by atomic mass is 14.8. The molecule has 1 aliphatic rings. The number of hydrogen-bond acceptors (Lipinski definition) is 1. The van der Waals surface area contributed by atoms with Gasteiger partial charge in [0.1, 0.15) is 0 Å². The molecule has 0 N–H and O–H groups in total. The van der Waals surface area contributed by atoms with Crippen LogP contribution in [0.25, 0.3) is 0 Å². The highest BCUT2D eigenvalue weighted by molar-refractivity contribution is 5.87. The van der Waals surface area contributed by atoms with Crippen molar-refractivity contribution in [2.45, 2.75) is 51.9 Å². The third-order valence-corrected chi connectivity index (χ3v) is 3.27. The Morgan fingerprint density at radius 3 is 2.38 bits per heavy atom. The van der Waals surface area contributed by atoms with E-state index in [0.29, 0.717) is 5.92 Å². The second-order valence-electron chi connectivity index (χ2n) is 4.95. The molecule has 1 aromatic rings. The number of benzene rings is 1. The van der Waals surface area contributed by atoms with Crippen LogP contribution < -0.4 is 0 Å². The summed E-state index contributed by atoms with van der Waals surface area (Å²) in [6, 6.07) is 8.55. The lowest BCUT2D eigenvalue weighted by Gasteiger charge is -2.14. The van der Waals surface area contributed by atoms with Crippen LogP contribution in [0.2, 0.25) is 0 Å². The molecule has 1 fully saturated rings. The molecule has 0 aromatic heterocycles. The molecule has 16 heavy (non-hydrogen) atoms. The lowest BCUT2D eigenvalue weighted by molar-refractivity contribution is 0.666. The van der Waals surface area contributed by atoms with Crippen LogP contribution in [-0.4, -0.2) is 5.71 Å². The van der Waals surface area contributed by atoms with Gasteiger partial charge in [0.15, 0.2) is 0 Å². The molecule has 2 rings (SSSR count). The Bertz CT molecular complexity index is 369. The van der Waals surface area contributed by atoms with E-state index < -0.39 is 0 Å². The number of aliphatic imine (C=N–C) groups is 1. The molecular formula is C15H21N. The smallest absolute Gasteiger partial charge is 0.0663 e. The second-order valence-corrected chi connectivity index (χ2v) is 4.95. The van der Waals surface area contributed by atoms with Crippen LogP contribution in [0.15, 0.2) is 29.3 Å². The van der Waals surface area contributed by atoms with Crippen molar-refractivity contribution in [2.75, 3.05) is 0 Å². The summed E-state index contributed by atoms with van der Waals surface area (Å²) < 4.78 is 0. The van der Waals surface area contributed by atoms with Crippen molar-refractivity contribution < 1.29 is 0 Å². The number of nitrogens with zero attached hydrogens (tertiary/aromatic N) is 1. The van der Waals surface area contributed by atoms with Crippen molar-refractivity contribution in [1.82, 2.24) is 0 Å². The third kappa shape index (κ3) is 2.72. The Balaban J connectivity index is 2.25. The average Bonchev–Trinajstić information content (AvgIpc) is 2.31. The van der Waals surface area contributed by atoms with E-state index in [1.807, 2.05) is 0 Å². The average molecular weight is 215 g/mol. The quantitative estimate of drug-likeness (QED) is 0.669. The molecule has 0 aliphatic heterocycles. The highest BCUT2D eigenvalue weighted by Crippen LogP contribution is 2.28. The summed E-state index contributed by atoms with van der Waals surface area (Å²) in [7, 11) is 0. The van der Waals surface area contributed by atoms with Crippen LogP contribution in [0, 0.1) is 0 Å². The van der Waals surface area contributed by atoms with Crippen LogP contribution in [0.1, 0.15) is 57.4 Å². The molecule has 0 heterocycles. The standard InChI is InChI=1S/C15H21N/c1-12(2)14-10-6-7-11-15(14)16-13-8-4-3-5-9-13/h6-7,10-12H,3-5,8-9H2,1-2H3. The second kappa shape index (κ2) is 5.29. The van der Waals surface area contributed by atoms with E-state index in [1.165, 1.54) is 49.1 Å². The van der Waals surface area contributed by atoms with Crippen LogP contribution >= 0.6 is 0 Å². The van der Waals surface area contributed by atoms with Gasteiger partial charge in [-0.1, -0.05) is 38.5 Å². The summed E-state index contributed by atoms with van der Waals surface area (Å²) in [5, 5.41) is 0. The van der Waals surface area contributed by atoms with Crippen molar-refractivity contribution >= 4 is 11.4 Å². The molecule has 1 nitrogen and oxygen atoms in total. The van der Waals surface area contributed by atoms with Gasteiger partial charge in [-0.15, -0.1) is 0 Å². The summed E-state index contributed by atoms with van der Waals surface area (Å²) >= 11 is 0. The fourth-order valence-electron chi connectivity index (χ4n) is 2.32. The first-order valence-corrected chi connectivity index (χ1v) is 6.43. The minimum absolute atomic E-state index is 0.559. The molecular weight excluding hydrogens is 194 g/mol. The molecule has 0 saturated heterocycles. The summed E-state index contributed by atoms with van der Waals surface area (Å²) in [4.78, 5) is 4.86. The largest absolute Gasteiger partial charge is 0.258 e. The SMILES string of the molecule is CC(C)c1ccccc1N=C1CCCCC1. The first kappa shape index (κ1) is 11.4. The predicted octanol–water partition coefficient (Wildman–Crippen LogP) is 4.85. The molecule has 1 heteroatoms. The lowest BCUT2D eigenvalue weighted by Crippen LogP contribution is -2.04. The Labute approximate surface area is 98.6 Å². The highest BCUT2D eigenvalue weighted by Gasteiger charge is 2.09. The number of rotatable bonds is 2. The summed E-state index contributed by atoms with van der Waals surface area (Å²) in [6.07, 6.45) is 6.43. The van der Waals surface area contributed by atoms with Crippen molar-refractivity contribution in [3.63, 3.8) is 0 Å². The van der Waals surface area contributed by atoms with Gasteiger partial charge in [0.2, 0.25) is 0 Å². The topological polar surface area (TPSA) is 12.4 Å². The molecule has 0 amide bonds. The zero-order chi connectivity index (χ0) is 11.4. The molecule has 86 valence electrons. The van der Waals surface area contributed by atoms with E-state index >= 15 is 0 Å². The van der Waals surface area contributed by atoms with Gasteiger partial charge in [0, 0.05) is 5.71 Å². The van der Waals surface area contributed by atoms with Gasteiger partial charge in [-0.05, 0) is 43.2 Å². The van der Waals surface area contributed by atoms with Crippen molar-refractivity contribution in [3.8, 4) is 0 Å². The zero-order valence-electron chi connectivity index (χ0n) is 10.4. The molecule has 1 saturated carbocycles. The van der Waals surface area contributed by atoms with E-state index in [-0.39, 0.29) is 0 Å². The Morgan fingerprint density at radius 2 is 1.69 bits per heavy atom. The first-order valence-electron chi connectivity index (χ1n) is 6.43. The molecule has 0 bridgehead atoms. The third-order valence-electron chi connectivity index (χ3n) is 3.27. The molecule has 1 aliphatic carbocycles. The summed E-state index contributed by atoms with van der Waals surface area (Å²) in [5.74, 6) is 0.559. The van der Waals surface area contributed by atoms with Gasteiger partial charge in [-0.3, -0.25) is 4.99 Å².